The highest BCUT2D eigenvalue weighted by atomic mass is 35.5. The highest BCUT2D eigenvalue weighted by Crippen LogP contribution is 2.37. The number of nitrogens with one attached hydrogen (secondary N) is 2. The van der Waals surface area contributed by atoms with Crippen molar-refractivity contribution in [1.29, 1.82) is 0 Å². The van der Waals surface area contributed by atoms with Gasteiger partial charge in [-0.05, 0) is 59.9 Å². The largest absolute Gasteiger partial charge is 0.405 e. The predicted molar refractivity (Wildman–Crippen MR) is 120 cm³/mol. The molecule has 7 nitrogen and oxygen atoms in total. The molecule has 12 heteroatoms. The van der Waals surface area contributed by atoms with Crippen molar-refractivity contribution < 1.29 is 31.9 Å². The van der Waals surface area contributed by atoms with Gasteiger partial charge in [0.15, 0.2) is 0 Å². The molecule has 0 aliphatic heterocycles. The van der Waals surface area contributed by atoms with E-state index in [4.69, 9.17) is 11.6 Å². The van der Waals surface area contributed by atoms with Crippen LogP contribution in [0.5, 0.6) is 0 Å². The molecule has 1 atom stereocenters. The fourth-order valence-electron chi connectivity index (χ4n) is 3.54. The van der Waals surface area contributed by atoms with Crippen molar-refractivity contribution >= 4 is 29.3 Å². The minimum atomic E-state index is -4.67. The molecule has 3 amide bonds. The van der Waals surface area contributed by atoms with E-state index < -0.39 is 42.4 Å². The molecule has 0 unspecified atom stereocenters. The molecular formula is C23H21ClF4N4O3. The Morgan fingerprint density at radius 3 is 2.43 bits per heavy atom. The normalized spacial score (nSPS) is 14.1. The molecule has 35 heavy (non-hydrogen) atoms. The lowest BCUT2D eigenvalue weighted by atomic mass is 9.97. The first-order chi connectivity index (χ1) is 16.4. The Morgan fingerprint density at radius 2 is 1.86 bits per heavy atom. The number of amides is 3. The van der Waals surface area contributed by atoms with E-state index in [0.29, 0.717) is 12.8 Å². The molecular weight excluding hydrogens is 492 g/mol. The van der Waals surface area contributed by atoms with Crippen LogP contribution in [0, 0.1) is 5.95 Å². The van der Waals surface area contributed by atoms with Gasteiger partial charge < -0.3 is 15.5 Å². The maximum Gasteiger partial charge on any atom is 0.405 e. The van der Waals surface area contributed by atoms with E-state index in [1.807, 2.05) is 5.32 Å². The highest BCUT2D eigenvalue weighted by molar-refractivity contribution is 6.31. The van der Waals surface area contributed by atoms with Crippen LogP contribution in [0.3, 0.4) is 0 Å². The van der Waals surface area contributed by atoms with Crippen LogP contribution in [0.2, 0.25) is 5.02 Å². The van der Waals surface area contributed by atoms with Gasteiger partial charge in [0.2, 0.25) is 17.8 Å². The van der Waals surface area contributed by atoms with Crippen molar-refractivity contribution in [3.05, 3.63) is 65.2 Å². The summed E-state index contributed by atoms with van der Waals surface area (Å²) < 4.78 is 52.5. The molecule has 1 saturated carbocycles. The first kappa shape index (κ1) is 26.1. The Balaban J connectivity index is 2.11. The zero-order valence-corrected chi connectivity index (χ0v) is 19.2. The molecule has 1 aromatic carbocycles. The summed E-state index contributed by atoms with van der Waals surface area (Å²) in [6.45, 7) is 1.83. The second kappa shape index (κ2) is 10.4. The van der Waals surface area contributed by atoms with Gasteiger partial charge in [-0.1, -0.05) is 18.2 Å². The summed E-state index contributed by atoms with van der Waals surface area (Å²) in [6.07, 6.45) is -2.58. The molecule has 2 N–H and O–H groups in total. The van der Waals surface area contributed by atoms with Gasteiger partial charge in [0.25, 0.3) is 5.91 Å². The number of benzene rings is 1. The van der Waals surface area contributed by atoms with Crippen LogP contribution in [0.1, 0.15) is 34.9 Å². The summed E-state index contributed by atoms with van der Waals surface area (Å²) in [7, 11) is 1.35. The van der Waals surface area contributed by atoms with Gasteiger partial charge in [0.05, 0.1) is 0 Å². The van der Waals surface area contributed by atoms with Crippen LogP contribution in [0.15, 0.2) is 43.0 Å². The molecule has 186 valence electrons. The lowest BCUT2D eigenvalue weighted by Crippen LogP contribution is -2.46. The Kier molecular flexibility index (Phi) is 7.79. The topological polar surface area (TPSA) is 91.4 Å². The van der Waals surface area contributed by atoms with E-state index in [1.165, 1.54) is 31.3 Å². The minimum absolute atomic E-state index is 0.0756. The summed E-state index contributed by atoms with van der Waals surface area (Å²) in [5.74, 6) is -3.31. The fraction of sp³-hybridized carbons (Fsp3) is 0.304. The molecule has 1 aliphatic rings. The number of nitrogens with zero attached hydrogens (tertiary/aromatic N) is 2. The number of rotatable bonds is 8. The monoisotopic (exact) mass is 512 g/mol. The highest BCUT2D eigenvalue weighted by Gasteiger charge is 2.41. The number of aromatic nitrogens is 1. The average Bonchev–Trinajstić information content (AvgIpc) is 3.63. The third kappa shape index (κ3) is 6.56. The first-order valence-electron chi connectivity index (χ1n) is 10.4. The van der Waals surface area contributed by atoms with Crippen LogP contribution in [-0.4, -0.2) is 53.4 Å². The van der Waals surface area contributed by atoms with Crippen molar-refractivity contribution in [2.75, 3.05) is 13.6 Å². The van der Waals surface area contributed by atoms with Crippen molar-refractivity contribution in [3.8, 4) is 11.1 Å². The molecule has 0 radical (unpaired) electrons. The second-order valence-corrected chi connectivity index (χ2v) is 8.27. The Bertz CT molecular complexity index is 1170. The fourth-order valence-corrected chi connectivity index (χ4v) is 3.79. The standard InChI is InChI=1S/C23H21ClF4N4O3/c1-3-19(33)32(16-4-5-16)20(22(35)30-11-23(26,27)28)14-6-12(7-15(24)8-14)13-9-17(21(34)29-2)31-18(25)10-13/h3,6-10,16,20H,1,4-5,11H2,2H3,(H,29,34)(H,30,35)/t20-/m1/s1. The van der Waals surface area contributed by atoms with Gasteiger partial charge >= 0.3 is 6.18 Å². The van der Waals surface area contributed by atoms with Gasteiger partial charge in [0, 0.05) is 24.2 Å². The third-order valence-corrected chi connectivity index (χ3v) is 5.40. The van der Waals surface area contributed by atoms with Crippen molar-refractivity contribution in [1.82, 2.24) is 20.5 Å². The molecule has 2 aromatic rings. The molecule has 1 aliphatic carbocycles. The van der Waals surface area contributed by atoms with Gasteiger partial charge in [-0.2, -0.15) is 17.6 Å². The van der Waals surface area contributed by atoms with Gasteiger partial charge in [-0.25, -0.2) is 4.98 Å². The third-order valence-electron chi connectivity index (χ3n) is 5.18. The number of carbonyl (C=O) groups is 3. The maximum absolute atomic E-state index is 14.1. The van der Waals surface area contributed by atoms with Crippen molar-refractivity contribution in [3.63, 3.8) is 0 Å². The van der Waals surface area contributed by atoms with Crippen molar-refractivity contribution in [2.24, 2.45) is 0 Å². The van der Waals surface area contributed by atoms with Gasteiger partial charge in [-0.3, -0.25) is 14.4 Å². The Hall–Kier alpha value is -3.47. The summed E-state index contributed by atoms with van der Waals surface area (Å²) in [6, 6.07) is 4.66. The zero-order valence-electron chi connectivity index (χ0n) is 18.5. The summed E-state index contributed by atoms with van der Waals surface area (Å²) in [4.78, 5) is 42.2. The SMILES string of the molecule is C=CC(=O)N(C1CC1)[C@@H](C(=O)NCC(F)(F)F)c1cc(Cl)cc(-c2cc(F)nc(C(=O)NC)c2)c1. The molecule has 0 bridgehead atoms. The van der Waals surface area contributed by atoms with E-state index in [1.54, 1.807) is 0 Å². The first-order valence-corrected chi connectivity index (χ1v) is 10.8. The number of carbonyl (C=O) groups excluding carboxylic acids is 3. The lowest BCUT2D eigenvalue weighted by Gasteiger charge is -2.31. The molecule has 1 heterocycles. The predicted octanol–water partition coefficient (Wildman–Crippen LogP) is 3.80. The number of halogens is 5. The van der Waals surface area contributed by atoms with Crippen LogP contribution >= 0.6 is 11.6 Å². The van der Waals surface area contributed by atoms with Crippen LogP contribution in [-0.2, 0) is 9.59 Å². The molecule has 1 aromatic heterocycles. The maximum atomic E-state index is 14.1. The van der Waals surface area contributed by atoms with E-state index in [2.05, 4.69) is 16.9 Å². The van der Waals surface area contributed by atoms with E-state index >= 15 is 0 Å². The van der Waals surface area contributed by atoms with Crippen molar-refractivity contribution in [2.45, 2.75) is 31.1 Å². The van der Waals surface area contributed by atoms with Gasteiger partial charge in [-0.15, -0.1) is 0 Å². The number of alkyl halides is 3. The summed E-state index contributed by atoms with van der Waals surface area (Å²) in [5.41, 5.74) is 0.328. The number of pyridine rings is 1. The van der Waals surface area contributed by atoms with E-state index in [9.17, 15) is 31.9 Å². The average molecular weight is 513 g/mol. The Morgan fingerprint density at radius 1 is 1.20 bits per heavy atom. The van der Waals surface area contributed by atoms with Crippen LogP contribution in [0.4, 0.5) is 17.6 Å². The van der Waals surface area contributed by atoms with Crippen LogP contribution < -0.4 is 10.6 Å². The molecule has 0 saturated heterocycles. The molecule has 3 rings (SSSR count). The zero-order chi connectivity index (χ0) is 25.9. The second-order valence-electron chi connectivity index (χ2n) is 7.83. The number of hydrogen-bond acceptors (Lipinski definition) is 4. The van der Waals surface area contributed by atoms with E-state index in [0.717, 1.165) is 17.0 Å². The van der Waals surface area contributed by atoms with Crippen LogP contribution in [0.25, 0.3) is 11.1 Å². The Labute approximate surface area is 203 Å². The molecule has 0 spiro atoms. The lowest BCUT2D eigenvalue weighted by molar-refractivity contribution is -0.145. The number of hydrogen-bond donors (Lipinski definition) is 2. The van der Waals surface area contributed by atoms with E-state index in [-0.39, 0.29) is 33.4 Å². The van der Waals surface area contributed by atoms with Gasteiger partial charge in [0.1, 0.15) is 18.3 Å². The summed E-state index contributed by atoms with van der Waals surface area (Å²) in [5, 5.41) is 4.23. The smallest absolute Gasteiger partial charge is 0.354 e. The minimum Gasteiger partial charge on any atom is -0.354 e. The summed E-state index contributed by atoms with van der Waals surface area (Å²) >= 11 is 6.26. The quantitative estimate of drug-likeness (QED) is 0.320. The molecule has 1 fully saturated rings.